The standard InChI is InChI=1S/C10H17N5O3/c1-7(2)14-10-8(15(16)17)9(12-6-13-10)11-4-5-18-3/h6-7H,4-5H2,1-3H3,(H2,11,12,13,14). The van der Waals surface area contributed by atoms with E-state index in [0.29, 0.717) is 13.2 Å². The molecule has 0 bridgehead atoms. The first-order valence-corrected chi connectivity index (χ1v) is 5.55. The van der Waals surface area contributed by atoms with Crippen molar-refractivity contribution in [3.63, 3.8) is 0 Å². The number of nitrogens with one attached hydrogen (secondary N) is 2. The molecule has 0 saturated carbocycles. The summed E-state index contributed by atoms with van der Waals surface area (Å²) in [6.07, 6.45) is 1.28. The zero-order valence-corrected chi connectivity index (χ0v) is 10.6. The Hall–Kier alpha value is -1.96. The van der Waals surface area contributed by atoms with Crippen LogP contribution >= 0.6 is 0 Å². The van der Waals surface area contributed by atoms with E-state index in [0.717, 1.165) is 0 Å². The van der Waals surface area contributed by atoms with Crippen molar-refractivity contribution >= 4 is 17.3 Å². The average molecular weight is 255 g/mol. The highest BCUT2D eigenvalue weighted by molar-refractivity contribution is 5.69. The van der Waals surface area contributed by atoms with Gasteiger partial charge in [0.05, 0.1) is 11.5 Å². The van der Waals surface area contributed by atoms with Crippen LogP contribution in [0.3, 0.4) is 0 Å². The van der Waals surface area contributed by atoms with E-state index >= 15 is 0 Å². The van der Waals surface area contributed by atoms with Crippen LogP contribution in [-0.2, 0) is 4.74 Å². The monoisotopic (exact) mass is 255 g/mol. The van der Waals surface area contributed by atoms with Gasteiger partial charge in [0.1, 0.15) is 6.33 Å². The van der Waals surface area contributed by atoms with Crippen LogP contribution in [0.4, 0.5) is 17.3 Å². The summed E-state index contributed by atoms with van der Waals surface area (Å²) >= 11 is 0. The van der Waals surface area contributed by atoms with Crippen molar-refractivity contribution in [2.45, 2.75) is 19.9 Å². The molecule has 1 aromatic rings. The van der Waals surface area contributed by atoms with Gasteiger partial charge in [0.2, 0.25) is 11.6 Å². The number of nitrogens with zero attached hydrogens (tertiary/aromatic N) is 3. The lowest BCUT2D eigenvalue weighted by Gasteiger charge is -2.11. The molecule has 0 aromatic carbocycles. The molecule has 0 aliphatic carbocycles. The van der Waals surface area contributed by atoms with Gasteiger partial charge in [-0.3, -0.25) is 10.1 Å². The van der Waals surface area contributed by atoms with Crippen molar-refractivity contribution in [3.05, 3.63) is 16.4 Å². The SMILES string of the molecule is COCCNc1ncnc(NC(C)C)c1[N+](=O)[O-]. The highest BCUT2D eigenvalue weighted by atomic mass is 16.6. The first kappa shape index (κ1) is 14.1. The van der Waals surface area contributed by atoms with E-state index in [1.165, 1.54) is 6.33 Å². The van der Waals surface area contributed by atoms with Crippen LogP contribution < -0.4 is 10.6 Å². The maximum Gasteiger partial charge on any atom is 0.353 e. The second-order valence-electron chi connectivity index (χ2n) is 3.90. The van der Waals surface area contributed by atoms with Gasteiger partial charge in [0.15, 0.2) is 0 Å². The Kier molecular flexibility index (Phi) is 5.25. The molecule has 8 heteroatoms. The van der Waals surface area contributed by atoms with E-state index in [1.807, 2.05) is 13.8 Å². The van der Waals surface area contributed by atoms with Gasteiger partial charge >= 0.3 is 5.69 Å². The molecular weight excluding hydrogens is 238 g/mol. The second kappa shape index (κ2) is 6.70. The minimum Gasteiger partial charge on any atom is -0.383 e. The number of aromatic nitrogens is 2. The summed E-state index contributed by atoms with van der Waals surface area (Å²) < 4.78 is 4.87. The van der Waals surface area contributed by atoms with Crippen LogP contribution in [0.15, 0.2) is 6.33 Å². The van der Waals surface area contributed by atoms with Gasteiger partial charge in [-0.2, -0.15) is 0 Å². The van der Waals surface area contributed by atoms with Gasteiger partial charge in [-0.1, -0.05) is 0 Å². The van der Waals surface area contributed by atoms with E-state index < -0.39 is 4.92 Å². The normalized spacial score (nSPS) is 10.4. The molecule has 1 aromatic heterocycles. The summed E-state index contributed by atoms with van der Waals surface area (Å²) in [4.78, 5) is 18.3. The molecule has 1 heterocycles. The lowest BCUT2D eigenvalue weighted by Crippen LogP contribution is -2.16. The van der Waals surface area contributed by atoms with Crippen molar-refractivity contribution in [1.29, 1.82) is 0 Å². The van der Waals surface area contributed by atoms with Gasteiger partial charge in [0.25, 0.3) is 0 Å². The van der Waals surface area contributed by atoms with E-state index in [2.05, 4.69) is 20.6 Å². The van der Waals surface area contributed by atoms with E-state index in [1.54, 1.807) is 7.11 Å². The minimum atomic E-state index is -0.500. The Bertz CT molecular complexity index is 410. The zero-order valence-electron chi connectivity index (χ0n) is 10.6. The fraction of sp³-hybridized carbons (Fsp3) is 0.600. The molecule has 0 unspecified atom stereocenters. The van der Waals surface area contributed by atoms with Gasteiger partial charge in [-0.15, -0.1) is 0 Å². The number of nitro groups is 1. The first-order chi connectivity index (χ1) is 8.56. The highest BCUT2D eigenvalue weighted by Crippen LogP contribution is 2.28. The Morgan fingerprint density at radius 2 is 2.11 bits per heavy atom. The molecule has 18 heavy (non-hydrogen) atoms. The molecule has 0 aliphatic heterocycles. The predicted molar refractivity (Wildman–Crippen MR) is 67.8 cm³/mol. The summed E-state index contributed by atoms with van der Waals surface area (Å²) in [6.45, 7) is 4.64. The topological polar surface area (TPSA) is 102 Å². The van der Waals surface area contributed by atoms with Crippen LogP contribution in [0.5, 0.6) is 0 Å². The van der Waals surface area contributed by atoms with Crippen LogP contribution in [0, 0.1) is 10.1 Å². The molecule has 100 valence electrons. The average Bonchev–Trinajstić information content (AvgIpc) is 2.28. The minimum absolute atomic E-state index is 0.0467. The third-order valence-corrected chi connectivity index (χ3v) is 2.03. The molecule has 0 saturated heterocycles. The maximum atomic E-state index is 11.1. The number of methoxy groups -OCH3 is 1. The smallest absolute Gasteiger partial charge is 0.353 e. The zero-order chi connectivity index (χ0) is 13.5. The lowest BCUT2D eigenvalue weighted by molar-refractivity contribution is -0.383. The summed E-state index contributed by atoms with van der Waals surface area (Å²) in [5.41, 5.74) is -0.151. The van der Waals surface area contributed by atoms with Gasteiger partial charge in [0, 0.05) is 19.7 Å². The van der Waals surface area contributed by atoms with Crippen molar-refractivity contribution < 1.29 is 9.66 Å². The van der Waals surface area contributed by atoms with Crippen LogP contribution in [0.1, 0.15) is 13.8 Å². The van der Waals surface area contributed by atoms with Crippen LogP contribution in [0.25, 0.3) is 0 Å². The summed E-state index contributed by atoms with van der Waals surface area (Å²) in [5, 5.41) is 16.8. The Morgan fingerprint density at radius 3 is 2.67 bits per heavy atom. The Balaban J connectivity index is 2.98. The molecule has 0 fully saturated rings. The summed E-state index contributed by atoms with van der Waals surface area (Å²) in [5.74, 6) is 0.403. The first-order valence-electron chi connectivity index (χ1n) is 5.55. The highest BCUT2D eigenvalue weighted by Gasteiger charge is 2.22. The van der Waals surface area contributed by atoms with Gasteiger partial charge in [-0.25, -0.2) is 9.97 Å². The van der Waals surface area contributed by atoms with Gasteiger partial charge < -0.3 is 15.4 Å². The summed E-state index contributed by atoms with van der Waals surface area (Å²) in [6, 6.07) is 0.0467. The number of anilines is 2. The molecule has 2 N–H and O–H groups in total. The van der Waals surface area contributed by atoms with Crippen molar-refractivity contribution in [2.75, 3.05) is 30.9 Å². The molecule has 0 amide bonds. The van der Waals surface area contributed by atoms with Crippen molar-refractivity contribution in [1.82, 2.24) is 9.97 Å². The molecule has 0 radical (unpaired) electrons. The van der Waals surface area contributed by atoms with Crippen molar-refractivity contribution in [3.8, 4) is 0 Å². The maximum absolute atomic E-state index is 11.1. The third-order valence-electron chi connectivity index (χ3n) is 2.03. The molecule has 0 spiro atoms. The van der Waals surface area contributed by atoms with Crippen molar-refractivity contribution in [2.24, 2.45) is 0 Å². The van der Waals surface area contributed by atoms with Crippen LogP contribution in [-0.4, -0.2) is 41.2 Å². The summed E-state index contributed by atoms with van der Waals surface area (Å²) in [7, 11) is 1.56. The van der Waals surface area contributed by atoms with E-state index in [9.17, 15) is 10.1 Å². The largest absolute Gasteiger partial charge is 0.383 e. The third kappa shape index (κ3) is 3.81. The van der Waals surface area contributed by atoms with Gasteiger partial charge in [-0.05, 0) is 13.8 Å². The van der Waals surface area contributed by atoms with E-state index in [-0.39, 0.29) is 23.4 Å². The quantitative estimate of drug-likeness (QED) is 0.429. The fourth-order valence-electron chi connectivity index (χ4n) is 1.33. The Labute approximate surface area is 105 Å². The molecule has 0 aliphatic rings. The fourth-order valence-corrected chi connectivity index (χ4v) is 1.33. The number of hydrogen-bond donors (Lipinski definition) is 2. The number of ether oxygens (including phenoxy) is 1. The molecule has 1 rings (SSSR count). The van der Waals surface area contributed by atoms with E-state index in [4.69, 9.17) is 4.74 Å². The number of rotatable bonds is 7. The molecule has 8 nitrogen and oxygen atoms in total. The molecule has 0 atom stereocenters. The second-order valence-corrected chi connectivity index (χ2v) is 3.90. The Morgan fingerprint density at radius 1 is 1.44 bits per heavy atom. The molecular formula is C10H17N5O3. The predicted octanol–water partition coefficient (Wildman–Crippen LogP) is 1.26. The lowest BCUT2D eigenvalue weighted by atomic mass is 10.3. The number of hydrogen-bond acceptors (Lipinski definition) is 7. The van der Waals surface area contributed by atoms with Crippen LogP contribution in [0.2, 0.25) is 0 Å².